The molecule has 1 saturated carbocycles. The Labute approximate surface area is 262 Å². The highest BCUT2D eigenvalue weighted by Gasteiger charge is 2.30. The SMILES string of the molecule is CC(=O)c1cncc2c(=O)n(Cc3ccc4cc(CN(CC5CCC5)C(=O)OC(C)(C)C)n(C(=O)OC(C)(C)C)c4c3)ccc12. The number of ketones is 1. The van der Waals surface area contributed by atoms with Gasteiger partial charge in [-0.3, -0.25) is 14.6 Å². The van der Waals surface area contributed by atoms with Crippen LogP contribution in [-0.2, 0) is 22.6 Å². The summed E-state index contributed by atoms with van der Waals surface area (Å²) >= 11 is 0. The number of hydrogen-bond acceptors (Lipinski definition) is 7. The molecule has 0 radical (unpaired) electrons. The predicted octanol–water partition coefficient (Wildman–Crippen LogP) is 6.92. The van der Waals surface area contributed by atoms with Gasteiger partial charge in [-0.2, -0.15) is 0 Å². The standard InChI is InChI=1S/C35H42N4O6/c1-22(40)28-17-36-18-29-27(28)13-14-37(31(29)41)20-24-11-12-25-16-26(39(30(25)15-24)33(43)45-35(5,6)7)21-38(19-23-9-8-10-23)32(42)44-34(2,3)4/h11-18,23H,8-10,19-21H2,1-7H3. The number of benzene rings is 1. The van der Waals surface area contributed by atoms with Gasteiger partial charge in [-0.05, 0) is 91.0 Å². The fourth-order valence-electron chi connectivity index (χ4n) is 5.56. The molecule has 0 saturated heterocycles. The summed E-state index contributed by atoms with van der Waals surface area (Å²) in [6.07, 6.45) is 6.89. The third kappa shape index (κ3) is 7.27. The van der Waals surface area contributed by atoms with Gasteiger partial charge in [0.15, 0.2) is 5.78 Å². The van der Waals surface area contributed by atoms with E-state index in [4.69, 9.17) is 9.47 Å². The van der Waals surface area contributed by atoms with Crippen molar-refractivity contribution >= 4 is 39.6 Å². The van der Waals surface area contributed by atoms with E-state index in [1.807, 2.05) is 65.8 Å². The van der Waals surface area contributed by atoms with E-state index >= 15 is 0 Å². The van der Waals surface area contributed by atoms with Gasteiger partial charge in [-0.15, -0.1) is 0 Å². The number of amides is 1. The van der Waals surface area contributed by atoms with Crippen molar-refractivity contribution in [1.82, 2.24) is 19.0 Å². The minimum Gasteiger partial charge on any atom is -0.444 e. The number of nitrogens with zero attached hydrogens (tertiary/aromatic N) is 4. The lowest BCUT2D eigenvalue weighted by atomic mass is 9.85. The van der Waals surface area contributed by atoms with Crippen LogP contribution in [0.3, 0.4) is 0 Å². The van der Waals surface area contributed by atoms with Gasteiger partial charge >= 0.3 is 12.2 Å². The van der Waals surface area contributed by atoms with E-state index in [0.717, 1.165) is 30.2 Å². The Morgan fingerprint density at radius 1 is 0.956 bits per heavy atom. The van der Waals surface area contributed by atoms with Gasteiger partial charge in [0.1, 0.15) is 11.2 Å². The van der Waals surface area contributed by atoms with Gasteiger partial charge < -0.3 is 18.9 Å². The van der Waals surface area contributed by atoms with E-state index in [1.54, 1.807) is 21.7 Å². The Kier molecular flexibility index (Phi) is 8.62. The second-order valence-electron chi connectivity index (χ2n) is 14.0. The number of carbonyl (C=O) groups excluding carboxylic acids is 3. The molecule has 10 heteroatoms. The van der Waals surface area contributed by atoms with Crippen molar-refractivity contribution in [3.05, 3.63) is 76.1 Å². The Balaban J connectivity index is 1.54. The summed E-state index contributed by atoms with van der Waals surface area (Å²) in [5, 5.41) is 1.72. The maximum atomic E-state index is 13.7. The number of fused-ring (bicyclic) bond motifs is 2. The highest BCUT2D eigenvalue weighted by molar-refractivity contribution is 6.06. The van der Waals surface area contributed by atoms with Gasteiger partial charge in [-0.1, -0.05) is 18.6 Å². The molecule has 0 bridgehead atoms. The molecular formula is C35H42N4O6. The summed E-state index contributed by atoms with van der Waals surface area (Å²) in [6.45, 7) is 13.3. The Morgan fingerprint density at radius 3 is 2.29 bits per heavy atom. The summed E-state index contributed by atoms with van der Waals surface area (Å²) in [6, 6.07) is 9.33. The van der Waals surface area contributed by atoms with E-state index in [1.165, 1.54) is 23.9 Å². The minimum absolute atomic E-state index is 0.160. The summed E-state index contributed by atoms with van der Waals surface area (Å²) in [5.74, 6) is 0.234. The van der Waals surface area contributed by atoms with E-state index < -0.39 is 23.4 Å². The van der Waals surface area contributed by atoms with Crippen molar-refractivity contribution in [2.24, 2.45) is 5.92 Å². The molecule has 0 spiro atoms. The van der Waals surface area contributed by atoms with Crippen LogP contribution in [0, 0.1) is 5.92 Å². The number of rotatable bonds is 7. The highest BCUT2D eigenvalue weighted by Crippen LogP contribution is 2.30. The van der Waals surface area contributed by atoms with Gasteiger partial charge in [-0.25, -0.2) is 14.2 Å². The van der Waals surface area contributed by atoms with Crippen LogP contribution >= 0.6 is 0 Å². The first-order chi connectivity index (χ1) is 21.1. The second-order valence-corrected chi connectivity index (χ2v) is 14.0. The summed E-state index contributed by atoms with van der Waals surface area (Å²) < 4.78 is 14.7. The van der Waals surface area contributed by atoms with Crippen LogP contribution in [0.5, 0.6) is 0 Å². The summed E-state index contributed by atoms with van der Waals surface area (Å²) in [5.41, 5.74) is 0.726. The van der Waals surface area contributed by atoms with E-state index in [0.29, 0.717) is 40.0 Å². The first kappa shape index (κ1) is 31.9. The molecule has 4 aromatic rings. The lowest BCUT2D eigenvalue weighted by molar-refractivity contribution is 0.0163. The third-order valence-electron chi connectivity index (χ3n) is 7.86. The van der Waals surface area contributed by atoms with E-state index in [2.05, 4.69) is 4.98 Å². The average Bonchev–Trinajstić information content (AvgIpc) is 3.26. The van der Waals surface area contributed by atoms with Crippen LogP contribution in [0.2, 0.25) is 0 Å². The molecular weight excluding hydrogens is 572 g/mol. The number of carbonyl (C=O) groups is 3. The summed E-state index contributed by atoms with van der Waals surface area (Å²) in [7, 11) is 0. The predicted molar refractivity (Wildman–Crippen MR) is 173 cm³/mol. The van der Waals surface area contributed by atoms with Gasteiger partial charge in [0, 0.05) is 47.2 Å². The second kappa shape index (κ2) is 12.1. The Hall–Kier alpha value is -4.47. The normalized spacial score (nSPS) is 13.9. The fourth-order valence-corrected chi connectivity index (χ4v) is 5.56. The maximum Gasteiger partial charge on any atom is 0.419 e. The quantitative estimate of drug-likeness (QED) is 0.208. The zero-order valence-corrected chi connectivity index (χ0v) is 27.2. The lowest BCUT2D eigenvalue weighted by Crippen LogP contribution is -2.41. The van der Waals surface area contributed by atoms with Crippen molar-refractivity contribution in [2.75, 3.05) is 6.54 Å². The molecule has 1 fully saturated rings. The number of hydrogen-bond donors (Lipinski definition) is 0. The topological polar surface area (TPSA) is 113 Å². The molecule has 0 unspecified atom stereocenters. The zero-order chi connectivity index (χ0) is 32.7. The van der Waals surface area contributed by atoms with Crippen LogP contribution in [0.4, 0.5) is 9.59 Å². The van der Waals surface area contributed by atoms with Crippen molar-refractivity contribution in [2.45, 2.75) is 92.0 Å². The molecule has 10 nitrogen and oxygen atoms in total. The molecule has 3 aromatic heterocycles. The Bertz CT molecular complexity index is 1840. The monoisotopic (exact) mass is 614 g/mol. The number of ether oxygens (including phenoxy) is 2. The van der Waals surface area contributed by atoms with Crippen LogP contribution in [-0.4, -0.2) is 54.7 Å². The van der Waals surface area contributed by atoms with Crippen molar-refractivity contribution < 1.29 is 23.9 Å². The van der Waals surface area contributed by atoms with Gasteiger partial charge in [0.25, 0.3) is 5.56 Å². The number of pyridine rings is 2. The van der Waals surface area contributed by atoms with Crippen LogP contribution < -0.4 is 5.56 Å². The molecule has 45 heavy (non-hydrogen) atoms. The van der Waals surface area contributed by atoms with Crippen LogP contribution in [0.25, 0.3) is 21.7 Å². The van der Waals surface area contributed by atoms with Crippen molar-refractivity contribution in [1.29, 1.82) is 0 Å². The molecule has 3 heterocycles. The molecule has 0 N–H and O–H groups in total. The molecule has 0 atom stereocenters. The summed E-state index contributed by atoms with van der Waals surface area (Å²) in [4.78, 5) is 58.3. The number of Topliss-reactive ketones (excluding diaryl/α,β-unsaturated/α-hetero) is 1. The number of aromatic nitrogens is 3. The van der Waals surface area contributed by atoms with E-state index in [9.17, 15) is 19.2 Å². The largest absolute Gasteiger partial charge is 0.444 e. The van der Waals surface area contributed by atoms with E-state index in [-0.39, 0.29) is 24.4 Å². The first-order valence-electron chi connectivity index (χ1n) is 15.4. The molecule has 1 aromatic carbocycles. The van der Waals surface area contributed by atoms with Crippen LogP contribution in [0.15, 0.2) is 53.7 Å². The fraction of sp³-hybridized carbons (Fsp3) is 0.457. The smallest absolute Gasteiger partial charge is 0.419 e. The maximum absolute atomic E-state index is 13.7. The molecule has 1 aliphatic carbocycles. The zero-order valence-electron chi connectivity index (χ0n) is 27.2. The minimum atomic E-state index is -0.746. The Morgan fingerprint density at radius 2 is 1.67 bits per heavy atom. The van der Waals surface area contributed by atoms with Gasteiger partial charge in [0.05, 0.1) is 24.0 Å². The molecule has 238 valence electrons. The molecule has 1 amide bonds. The first-order valence-corrected chi connectivity index (χ1v) is 15.4. The lowest BCUT2D eigenvalue weighted by Gasteiger charge is -2.33. The third-order valence-corrected chi connectivity index (χ3v) is 7.86. The van der Waals surface area contributed by atoms with Crippen LogP contribution in [0.1, 0.15) is 89.3 Å². The highest BCUT2D eigenvalue weighted by atomic mass is 16.6. The van der Waals surface area contributed by atoms with Gasteiger partial charge in [0.2, 0.25) is 0 Å². The average molecular weight is 615 g/mol. The van der Waals surface area contributed by atoms with Crippen molar-refractivity contribution in [3.8, 4) is 0 Å². The molecule has 1 aliphatic rings. The molecule has 5 rings (SSSR count). The van der Waals surface area contributed by atoms with Crippen molar-refractivity contribution in [3.63, 3.8) is 0 Å². The molecule has 0 aliphatic heterocycles.